The number of likely N-dealkylation sites (N-methyl/N-ethyl adjacent to an activating group) is 1. The molecule has 1 atom stereocenters. The molecule has 2 aromatic rings. The smallest absolute Gasteiger partial charge is 0.259 e. The molecule has 0 aliphatic heterocycles. The summed E-state index contributed by atoms with van der Waals surface area (Å²) in [6, 6.07) is 4.36. The second-order valence-electron chi connectivity index (χ2n) is 5.83. The molecule has 0 amide bonds. The largest absolute Gasteiger partial charge is 0.334 e. The summed E-state index contributed by atoms with van der Waals surface area (Å²) in [5.41, 5.74) is 0.388. The summed E-state index contributed by atoms with van der Waals surface area (Å²) in [6.07, 6.45) is 0.588. The van der Waals surface area contributed by atoms with Crippen LogP contribution in [-0.2, 0) is 16.4 Å². The van der Waals surface area contributed by atoms with Crippen molar-refractivity contribution in [1.29, 1.82) is 0 Å². The molecule has 7 nitrogen and oxygen atoms in total. The quantitative estimate of drug-likeness (QED) is 0.730. The summed E-state index contributed by atoms with van der Waals surface area (Å²) in [5.74, 6) is 0.719. The van der Waals surface area contributed by atoms with Gasteiger partial charge in [0.15, 0.2) is 5.82 Å². The van der Waals surface area contributed by atoms with Crippen LogP contribution in [0.25, 0.3) is 11.5 Å². The SMILES string of the molecule is CNC(C)Cc1noc(-c2cc(S(=O)(=O)NC(C)C)ccc2Cl)n1.Cl. The lowest BCUT2D eigenvalue weighted by Crippen LogP contribution is -2.30. The van der Waals surface area contributed by atoms with Gasteiger partial charge >= 0.3 is 0 Å². The van der Waals surface area contributed by atoms with Crippen molar-refractivity contribution in [2.75, 3.05) is 7.05 Å². The molecular formula is C15H22Cl2N4O3S. The van der Waals surface area contributed by atoms with Gasteiger partial charge in [0, 0.05) is 18.5 Å². The maximum atomic E-state index is 12.3. The third-order valence-electron chi connectivity index (χ3n) is 3.32. The Kier molecular flexibility index (Phi) is 7.83. The van der Waals surface area contributed by atoms with E-state index < -0.39 is 10.0 Å². The second-order valence-corrected chi connectivity index (χ2v) is 7.95. The molecule has 0 saturated heterocycles. The first-order valence-corrected chi connectivity index (χ1v) is 9.41. The van der Waals surface area contributed by atoms with Gasteiger partial charge in [0.25, 0.3) is 5.89 Å². The molecule has 0 saturated carbocycles. The first-order chi connectivity index (χ1) is 11.2. The van der Waals surface area contributed by atoms with E-state index in [9.17, 15) is 8.42 Å². The van der Waals surface area contributed by atoms with Crippen molar-refractivity contribution >= 4 is 34.0 Å². The van der Waals surface area contributed by atoms with E-state index in [1.54, 1.807) is 13.8 Å². The van der Waals surface area contributed by atoms with Crippen LogP contribution in [0.2, 0.25) is 5.02 Å². The van der Waals surface area contributed by atoms with Gasteiger partial charge in [-0.2, -0.15) is 4.98 Å². The molecule has 1 aromatic heterocycles. The van der Waals surface area contributed by atoms with Gasteiger partial charge in [-0.15, -0.1) is 12.4 Å². The lowest BCUT2D eigenvalue weighted by atomic mass is 10.2. The molecule has 2 rings (SSSR count). The Morgan fingerprint density at radius 2 is 1.96 bits per heavy atom. The van der Waals surface area contributed by atoms with Crippen molar-refractivity contribution in [3.05, 3.63) is 29.0 Å². The van der Waals surface area contributed by atoms with Crippen LogP contribution in [0.5, 0.6) is 0 Å². The Balaban J connectivity index is 0.00000312. The zero-order valence-electron chi connectivity index (χ0n) is 14.4. The van der Waals surface area contributed by atoms with E-state index in [4.69, 9.17) is 16.1 Å². The highest BCUT2D eigenvalue weighted by Gasteiger charge is 2.20. The van der Waals surface area contributed by atoms with E-state index in [0.29, 0.717) is 22.8 Å². The van der Waals surface area contributed by atoms with Crippen molar-refractivity contribution in [3.63, 3.8) is 0 Å². The number of benzene rings is 1. The van der Waals surface area contributed by atoms with E-state index in [2.05, 4.69) is 20.2 Å². The number of nitrogens with one attached hydrogen (secondary N) is 2. The molecule has 0 fully saturated rings. The molecule has 10 heteroatoms. The van der Waals surface area contributed by atoms with Gasteiger partial charge in [-0.25, -0.2) is 13.1 Å². The van der Waals surface area contributed by atoms with Crippen molar-refractivity contribution in [2.45, 2.75) is 44.2 Å². The van der Waals surface area contributed by atoms with Crippen LogP contribution >= 0.6 is 24.0 Å². The number of nitrogens with zero attached hydrogens (tertiary/aromatic N) is 2. The highest BCUT2D eigenvalue weighted by atomic mass is 35.5. The Labute approximate surface area is 159 Å². The van der Waals surface area contributed by atoms with Crippen molar-refractivity contribution < 1.29 is 12.9 Å². The van der Waals surface area contributed by atoms with Gasteiger partial charge in [-0.3, -0.25) is 0 Å². The van der Waals surface area contributed by atoms with Crippen LogP contribution in [-0.4, -0.2) is 37.7 Å². The predicted molar refractivity (Wildman–Crippen MR) is 99.7 cm³/mol. The average Bonchev–Trinajstić information content (AvgIpc) is 2.94. The third kappa shape index (κ3) is 5.65. The van der Waals surface area contributed by atoms with Crippen molar-refractivity contribution in [2.24, 2.45) is 0 Å². The van der Waals surface area contributed by atoms with E-state index in [1.165, 1.54) is 18.2 Å². The van der Waals surface area contributed by atoms with E-state index in [0.717, 1.165) is 0 Å². The van der Waals surface area contributed by atoms with Crippen LogP contribution in [0.1, 0.15) is 26.6 Å². The Bertz CT molecular complexity index is 809. The molecule has 0 aliphatic carbocycles. The second kappa shape index (κ2) is 8.95. The fourth-order valence-corrected chi connectivity index (χ4v) is 3.51. The molecule has 1 aromatic carbocycles. The van der Waals surface area contributed by atoms with Gasteiger partial charge in [0.2, 0.25) is 10.0 Å². The number of aromatic nitrogens is 2. The average molecular weight is 409 g/mol. The van der Waals surface area contributed by atoms with Gasteiger partial charge in [0.05, 0.1) is 15.5 Å². The summed E-state index contributed by atoms with van der Waals surface area (Å²) < 4.78 is 32.4. The molecule has 1 heterocycles. The standard InChI is InChI=1S/C15H21ClN4O3S.ClH/c1-9(2)20-24(21,22)11-5-6-13(16)12(8-11)15-18-14(19-23-15)7-10(3)17-4;/h5-6,8-10,17,20H,7H2,1-4H3;1H. The van der Waals surface area contributed by atoms with Gasteiger partial charge in [0.1, 0.15) is 0 Å². The maximum Gasteiger partial charge on any atom is 0.259 e. The number of hydrogen-bond donors (Lipinski definition) is 2. The highest BCUT2D eigenvalue weighted by molar-refractivity contribution is 7.89. The zero-order valence-corrected chi connectivity index (χ0v) is 16.8. The zero-order chi connectivity index (χ0) is 17.9. The molecule has 25 heavy (non-hydrogen) atoms. The topological polar surface area (TPSA) is 97.1 Å². The summed E-state index contributed by atoms with van der Waals surface area (Å²) in [5, 5.41) is 7.34. The molecule has 0 spiro atoms. The van der Waals surface area contributed by atoms with Crippen LogP contribution in [0.4, 0.5) is 0 Å². The number of hydrogen-bond acceptors (Lipinski definition) is 6. The van der Waals surface area contributed by atoms with Gasteiger partial charge in [-0.1, -0.05) is 16.8 Å². The van der Waals surface area contributed by atoms with Crippen LogP contribution in [0.3, 0.4) is 0 Å². The van der Waals surface area contributed by atoms with E-state index >= 15 is 0 Å². The van der Waals surface area contributed by atoms with Crippen LogP contribution in [0.15, 0.2) is 27.6 Å². The minimum absolute atomic E-state index is 0. The molecule has 0 aliphatic rings. The third-order valence-corrected chi connectivity index (χ3v) is 5.30. The molecule has 2 N–H and O–H groups in total. The van der Waals surface area contributed by atoms with Gasteiger partial charge < -0.3 is 9.84 Å². The summed E-state index contributed by atoms with van der Waals surface area (Å²) in [7, 11) is -1.79. The molecule has 0 bridgehead atoms. The molecule has 0 radical (unpaired) electrons. The Morgan fingerprint density at radius 3 is 2.56 bits per heavy atom. The van der Waals surface area contributed by atoms with Crippen LogP contribution in [0, 0.1) is 0 Å². The monoisotopic (exact) mass is 408 g/mol. The molecule has 140 valence electrons. The minimum Gasteiger partial charge on any atom is -0.334 e. The first kappa shape index (κ1) is 21.9. The van der Waals surface area contributed by atoms with Crippen molar-refractivity contribution in [1.82, 2.24) is 20.2 Å². The number of rotatable bonds is 7. The molecule has 1 unspecified atom stereocenters. The normalized spacial score (nSPS) is 12.9. The Hall–Kier alpha value is -1.19. The molecular weight excluding hydrogens is 387 g/mol. The summed E-state index contributed by atoms with van der Waals surface area (Å²) >= 11 is 6.17. The summed E-state index contributed by atoms with van der Waals surface area (Å²) in [4.78, 5) is 4.39. The fraction of sp³-hybridized carbons (Fsp3) is 0.467. The highest BCUT2D eigenvalue weighted by Crippen LogP contribution is 2.29. The maximum absolute atomic E-state index is 12.3. The lowest BCUT2D eigenvalue weighted by Gasteiger charge is -2.10. The number of halogens is 2. The van der Waals surface area contributed by atoms with Crippen LogP contribution < -0.4 is 10.0 Å². The lowest BCUT2D eigenvalue weighted by molar-refractivity contribution is 0.418. The van der Waals surface area contributed by atoms with Crippen molar-refractivity contribution in [3.8, 4) is 11.5 Å². The van der Waals surface area contributed by atoms with E-state index in [1.807, 2.05) is 14.0 Å². The Morgan fingerprint density at radius 1 is 1.28 bits per heavy atom. The van der Waals surface area contributed by atoms with Gasteiger partial charge in [-0.05, 0) is 46.0 Å². The fourth-order valence-electron chi connectivity index (χ4n) is 2.04. The number of sulfonamides is 1. The summed E-state index contributed by atoms with van der Waals surface area (Å²) in [6.45, 7) is 5.50. The minimum atomic E-state index is -3.63. The predicted octanol–water partition coefficient (Wildman–Crippen LogP) is 2.65. The first-order valence-electron chi connectivity index (χ1n) is 7.55. The van der Waals surface area contributed by atoms with E-state index in [-0.39, 0.29) is 35.3 Å².